The first-order chi connectivity index (χ1) is 13.0. The summed E-state index contributed by atoms with van der Waals surface area (Å²) in [6.45, 7) is 7.82. The number of pyridine rings is 1. The molecule has 5 nitrogen and oxygen atoms in total. The van der Waals surface area contributed by atoms with Gasteiger partial charge in [-0.1, -0.05) is 12.1 Å². The number of nitrogens with zero attached hydrogens (tertiary/aromatic N) is 3. The van der Waals surface area contributed by atoms with Gasteiger partial charge in [-0.3, -0.25) is 14.7 Å². The van der Waals surface area contributed by atoms with Crippen LogP contribution in [0, 0.1) is 12.7 Å². The Balaban J connectivity index is 1.52. The number of anilines is 2. The van der Waals surface area contributed by atoms with Crippen LogP contribution in [0.5, 0.6) is 0 Å². The van der Waals surface area contributed by atoms with Gasteiger partial charge >= 0.3 is 0 Å². The number of aryl methyl sites for hydroxylation is 2. The van der Waals surface area contributed by atoms with Crippen LogP contribution in [-0.4, -0.2) is 53.4 Å². The molecule has 0 aliphatic carbocycles. The largest absolute Gasteiger partial charge is 0.352 e. The van der Waals surface area contributed by atoms with Crippen LogP contribution in [0.25, 0.3) is 0 Å². The molecule has 1 aliphatic heterocycles. The molecule has 1 saturated heterocycles. The fourth-order valence-electron chi connectivity index (χ4n) is 3.35. The molecule has 1 aromatic carbocycles. The van der Waals surface area contributed by atoms with Crippen LogP contribution in [0.3, 0.4) is 0 Å². The molecule has 0 radical (unpaired) electrons. The maximum Gasteiger partial charge on any atom is 0.219 e. The summed E-state index contributed by atoms with van der Waals surface area (Å²) in [6, 6.07) is 9.28. The zero-order valence-corrected chi connectivity index (χ0v) is 16.0. The second-order valence-corrected chi connectivity index (χ2v) is 7.04. The van der Waals surface area contributed by atoms with E-state index >= 15 is 0 Å². The van der Waals surface area contributed by atoms with Crippen LogP contribution in [-0.2, 0) is 11.2 Å². The minimum absolute atomic E-state index is 0.143. The number of rotatable bonds is 6. The van der Waals surface area contributed by atoms with Crippen molar-refractivity contribution in [2.75, 3.05) is 38.0 Å². The van der Waals surface area contributed by atoms with E-state index in [1.807, 2.05) is 36.1 Å². The standard InChI is InChI=1S/C21H27FN4O/c1-16-8-9-19(15-23-16)24-20-7-3-5-18(21(20)22)6-4-10-25-11-13-26(14-12-25)17(2)27/h3,5,7-9,15,24H,4,6,10-14H2,1-2H3. The topological polar surface area (TPSA) is 48.5 Å². The first kappa shape index (κ1) is 19.3. The third kappa shape index (κ3) is 5.26. The van der Waals surface area contributed by atoms with Gasteiger partial charge in [-0.05, 0) is 50.1 Å². The van der Waals surface area contributed by atoms with E-state index in [1.54, 1.807) is 19.2 Å². The Kier molecular flexibility index (Phi) is 6.40. The highest BCUT2D eigenvalue weighted by Crippen LogP contribution is 2.23. The van der Waals surface area contributed by atoms with E-state index in [9.17, 15) is 9.18 Å². The summed E-state index contributed by atoms with van der Waals surface area (Å²) in [4.78, 5) is 19.8. The maximum atomic E-state index is 14.8. The van der Waals surface area contributed by atoms with Gasteiger partial charge in [0.25, 0.3) is 0 Å². The van der Waals surface area contributed by atoms with Crippen molar-refractivity contribution in [1.82, 2.24) is 14.8 Å². The fraction of sp³-hybridized carbons (Fsp3) is 0.429. The van der Waals surface area contributed by atoms with Crippen molar-refractivity contribution < 1.29 is 9.18 Å². The Morgan fingerprint density at radius 3 is 2.63 bits per heavy atom. The highest BCUT2D eigenvalue weighted by atomic mass is 19.1. The molecule has 2 aromatic rings. The van der Waals surface area contributed by atoms with E-state index < -0.39 is 0 Å². The Morgan fingerprint density at radius 1 is 1.19 bits per heavy atom. The van der Waals surface area contributed by atoms with E-state index in [4.69, 9.17) is 0 Å². The van der Waals surface area contributed by atoms with Gasteiger partial charge < -0.3 is 10.2 Å². The summed E-state index contributed by atoms with van der Waals surface area (Å²) in [7, 11) is 0. The molecule has 1 aliphatic rings. The van der Waals surface area contributed by atoms with Gasteiger partial charge in [-0.2, -0.15) is 0 Å². The van der Waals surface area contributed by atoms with Crippen molar-refractivity contribution in [3.05, 3.63) is 53.6 Å². The summed E-state index contributed by atoms with van der Waals surface area (Å²) >= 11 is 0. The SMILES string of the molecule is CC(=O)N1CCN(CCCc2cccc(Nc3ccc(C)nc3)c2F)CC1. The molecular weight excluding hydrogens is 343 g/mol. The van der Waals surface area contributed by atoms with E-state index in [0.717, 1.165) is 56.1 Å². The molecule has 27 heavy (non-hydrogen) atoms. The lowest BCUT2D eigenvalue weighted by Crippen LogP contribution is -2.48. The summed E-state index contributed by atoms with van der Waals surface area (Å²) in [5.74, 6) is -0.0516. The van der Waals surface area contributed by atoms with Crippen molar-refractivity contribution in [2.45, 2.75) is 26.7 Å². The Morgan fingerprint density at radius 2 is 1.96 bits per heavy atom. The Bertz CT molecular complexity index is 770. The van der Waals surface area contributed by atoms with Gasteiger partial charge in [-0.15, -0.1) is 0 Å². The highest BCUT2D eigenvalue weighted by molar-refractivity contribution is 5.73. The fourth-order valence-corrected chi connectivity index (χ4v) is 3.35. The number of hydrogen-bond acceptors (Lipinski definition) is 4. The summed E-state index contributed by atoms with van der Waals surface area (Å²) in [6.07, 6.45) is 3.30. The van der Waals surface area contributed by atoms with Crippen LogP contribution >= 0.6 is 0 Å². The molecule has 144 valence electrons. The number of benzene rings is 1. The number of carbonyl (C=O) groups excluding carboxylic acids is 1. The van der Waals surface area contributed by atoms with Gasteiger partial charge in [0.05, 0.1) is 17.6 Å². The van der Waals surface area contributed by atoms with Gasteiger partial charge in [0.1, 0.15) is 5.82 Å². The van der Waals surface area contributed by atoms with Gasteiger partial charge in [0.15, 0.2) is 0 Å². The quantitative estimate of drug-likeness (QED) is 0.847. The molecule has 3 rings (SSSR count). The lowest BCUT2D eigenvalue weighted by Gasteiger charge is -2.34. The number of carbonyl (C=O) groups is 1. The number of aromatic nitrogens is 1. The number of amides is 1. The van der Waals surface area contributed by atoms with Crippen molar-refractivity contribution in [1.29, 1.82) is 0 Å². The van der Waals surface area contributed by atoms with Gasteiger partial charge in [0.2, 0.25) is 5.91 Å². The summed E-state index contributed by atoms with van der Waals surface area (Å²) < 4.78 is 14.8. The molecule has 1 amide bonds. The second kappa shape index (κ2) is 8.95. The molecule has 6 heteroatoms. The number of piperazine rings is 1. The van der Waals surface area contributed by atoms with Crippen molar-refractivity contribution >= 4 is 17.3 Å². The molecule has 1 N–H and O–H groups in total. The lowest BCUT2D eigenvalue weighted by molar-refractivity contribution is -0.130. The zero-order valence-electron chi connectivity index (χ0n) is 16.0. The molecule has 2 heterocycles. The lowest BCUT2D eigenvalue weighted by atomic mass is 10.1. The molecule has 0 bridgehead atoms. The smallest absolute Gasteiger partial charge is 0.219 e. The van der Waals surface area contributed by atoms with E-state index in [1.165, 1.54) is 0 Å². The van der Waals surface area contributed by atoms with Crippen molar-refractivity contribution in [3.63, 3.8) is 0 Å². The van der Waals surface area contributed by atoms with Crippen LogP contribution < -0.4 is 5.32 Å². The second-order valence-electron chi connectivity index (χ2n) is 7.04. The summed E-state index contributed by atoms with van der Waals surface area (Å²) in [5, 5.41) is 3.11. The predicted octanol–water partition coefficient (Wildman–Crippen LogP) is 3.37. The number of halogens is 1. The van der Waals surface area contributed by atoms with Gasteiger partial charge in [-0.25, -0.2) is 4.39 Å². The normalized spacial score (nSPS) is 15.0. The summed E-state index contributed by atoms with van der Waals surface area (Å²) in [5.41, 5.74) is 2.91. The average molecular weight is 370 g/mol. The van der Waals surface area contributed by atoms with Crippen LogP contribution in [0.4, 0.5) is 15.8 Å². The molecular formula is C21H27FN4O. The van der Waals surface area contributed by atoms with Gasteiger partial charge in [0, 0.05) is 38.8 Å². The average Bonchev–Trinajstić information content (AvgIpc) is 2.67. The van der Waals surface area contributed by atoms with Crippen LogP contribution in [0.1, 0.15) is 24.6 Å². The third-order valence-corrected chi connectivity index (χ3v) is 5.01. The zero-order chi connectivity index (χ0) is 19.2. The number of hydrogen-bond donors (Lipinski definition) is 1. The first-order valence-corrected chi connectivity index (χ1v) is 9.48. The molecule has 0 spiro atoms. The first-order valence-electron chi connectivity index (χ1n) is 9.48. The van der Waals surface area contributed by atoms with E-state index in [-0.39, 0.29) is 11.7 Å². The number of nitrogens with one attached hydrogen (secondary N) is 1. The molecule has 1 aromatic heterocycles. The molecule has 0 saturated carbocycles. The molecule has 0 atom stereocenters. The van der Waals surface area contributed by atoms with Crippen molar-refractivity contribution in [2.24, 2.45) is 0 Å². The predicted molar refractivity (Wildman–Crippen MR) is 106 cm³/mol. The minimum atomic E-state index is -0.195. The molecule has 0 unspecified atom stereocenters. The minimum Gasteiger partial charge on any atom is -0.352 e. The highest BCUT2D eigenvalue weighted by Gasteiger charge is 2.18. The third-order valence-electron chi connectivity index (χ3n) is 5.01. The van der Waals surface area contributed by atoms with Crippen LogP contribution in [0.2, 0.25) is 0 Å². The Labute approximate surface area is 160 Å². The Hall–Kier alpha value is -2.47. The van der Waals surface area contributed by atoms with E-state index in [0.29, 0.717) is 12.1 Å². The van der Waals surface area contributed by atoms with Crippen LogP contribution in [0.15, 0.2) is 36.5 Å². The maximum absolute atomic E-state index is 14.8. The monoisotopic (exact) mass is 370 g/mol. The molecule has 1 fully saturated rings. The van der Waals surface area contributed by atoms with E-state index in [2.05, 4.69) is 15.2 Å². The van der Waals surface area contributed by atoms with Crippen molar-refractivity contribution in [3.8, 4) is 0 Å².